The standard InChI is InChI=1S/C10H21N3/c1-4-6-8-10-9(7-5-2)11-12-13(10)3/h11-12H,4-8H2,1-3H3. The molecule has 76 valence electrons. The van der Waals surface area contributed by atoms with E-state index in [1.807, 2.05) is 0 Å². The van der Waals surface area contributed by atoms with E-state index >= 15 is 0 Å². The molecular formula is C10H21N3. The number of allylic oxidation sites excluding steroid dienone is 2. The second kappa shape index (κ2) is 5.12. The molecule has 13 heavy (non-hydrogen) atoms. The predicted molar refractivity (Wildman–Crippen MR) is 55.5 cm³/mol. The van der Waals surface area contributed by atoms with Crippen LogP contribution in [0.4, 0.5) is 0 Å². The first-order chi connectivity index (χ1) is 6.29. The van der Waals surface area contributed by atoms with Gasteiger partial charge in [-0.1, -0.05) is 26.7 Å². The van der Waals surface area contributed by atoms with Crippen LogP contribution in [0.2, 0.25) is 0 Å². The Balaban J connectivity index is 2.54. The molecule has 0 radical (unpaired) electrons. The van der Waals surface area contributed by atoms with Gasteiger partial charge in [-0.15, -0.1) is 5.53 Å². The van der Waals surface area contributed by atoms with Crippen molar-refractivity contribution in [2.75, 3.05) is 7.05 Å². The molecule has 0 atom stereocenters. The lowest BCUT2D eigenvalue weighted by Gasteiger charge is -2.14. The first-order valence-corrected chi connectivity index (χ1v) is 5.27. The second-order valence-corrected chi connectivity index (χ2v) is 3.57. The van der Waals surface area contributed by atoms with Gasteiger partial charge < -0.3 is 5.43 Å². The Bertz CT molecular complexity index is 187. The minimum absolute atomic E-state index is 1.15. The molecule has 0 unspecified atom stereocenters. The maximum Gasteiger partial charge on any atom is 0.0511 e. The van der Waals surface area contributed by atoms with Crippen molar-refractivity contribution in [1.82, 2.24) is 16.0 Å². The number of rotatable bonds is 5. The molecule has 0 aromatic carbocycles. The molecule has 1 aliphatic rings. The SMILES string of the molecule is CCCCC1=C(CCC)NNN1C. The maximum atomic E-state index is 3.22. The topological polar surface area (TPSA) is 27.3 Å². The molecule has 2 N–H and O–H groups in total. The molecule has 1 heterocycles. The Morgan fingerprint density at radius 2 is 1.92 bits per heavy atom. The number of hydrogen-bond donors (Lipinski definition) is 2. The van der Waals surface area contributed by atoms with E-state index in [-0.39, 0.29) is 0 Å². The summed E-state index contributed by atoms with van der Waals surface area (Å²) < 4.78 is 0. The Morgan fingerprint density at radius 1 is 1.15 bits per heavy atom. The Labute approximate surface area is 81.1 Å². The van der Waals surface area contributed by atoms with Crippen molar-refractivity contribution in [2.24, 2.45) is 0 Å². The third-order valence-corrected chi connectivity index (χ3v) is 2.39. The van der Waals surface area contributed by atoms with Gasteiger partial charge in [-0.2, -0.15) is 0 Å². The van der Waals surface area contributed by atoms with E-state index < -0.39 is 0 Å². The highest BCUT2D eigenvalue weighted by atomic mass is 15.7. The fourth-order valence-electron chi connectivity index (χ4n) is 1.61. The van der Waals surface area contributed by atoms with Crippen molar-refractivity contribution >= 4 is 0 Å². The van der Waals surface area contributed by atoms with Crippen LogP contribution in [-0.2, 0) is 0 Å². The zero-order chi connectivity index (χ0) is 9.68. The van der Waals surface area contributed by atoms with E-state index in [4.69, 9.17) is 0 Å². The lowest BCUT2D eigenvalue weighted by molar-refractivity contribution is 0.295. The van der Waals surface area contributed by atoms with Crippen LogP contribution in [0.15, 0.2) is 11.4 Å². The first kappa shape index (κ1) is 10.4. The van der Waals surface area contributed by atoms with Gasteiger partial charge in [0.05, 0.1) is 5.70 Å². The highest BCUT2D eigenvalue weighted by Gasteiger charge is 2.16. The van der Waals surface area contributed by atoms with E-state index in [1.165, 1.54) is 37.1 Å². The lowest BCUT2D eigenvalue weighted by atomic mass is 10.1. The van der Waals surface area contributed by atoms with Gasteiger partial charge in [-0.3, -0.25) is 5.01 Å². The van der Waals surface area contributed by atoms with Crippen molar-refractivity contribution < 1.29 is 0 Å². The molecular weight excluding hydrogens is 162 g/mol. The summed E-state index contributed by atoms with van der Waals surface area (Å²) in [5, 5.41) is 2.10. The van der Waals surface area contributed by atoms with Crippen LogP contribution >= 0.6 is 0 Å². The third-order valence-electron chi connectivity index (χ3n) is 2.39. The fraction of sp³-hybridized carbons (Fsp3) is 0.800. The smallest absolute Gasteiger partial charge is 0.0511 e. The highest BCUT2D eigenvalue weighted by molar-refractivity contribution is 5.13. The largest absolute Gasteiger partial charge is 0.306 e. The quantitative estimate of drug-likeness (QED) is 0.684. The zero-order valence-corrected chi connectivity index (χ0v) is 8.98. The lowest BCUT2D eigenvalue weighted by Crippen LogP contribution is -2.34. The van der Waals surface area contributed by atoms with Gasteiger partial charge in [-0.25, -0.2) is 0 Å². The molecule has 0 saturated heterocycles. The fourth-order valence-corrected chi connectivity index (χ4v) is 1.61. The van der Waals surface area contributed by atoms with Crippen molar-refractivity contribution in [2.45, 2.75) is 46.0 Å². The summed E-state index contributed by atoms with van der Waals surface area (Å²) in [6.07, 6.45) is 6.07. The molecule has 0 aromatic heterocycles. The molecule has 0 bridgehead atoms. The molecule has 1 rings (SSSR count). The number of hydrogen-bond acceptors (Lipinski definition) is 3. The summed E-state index contributed by atoms with van der Waals surface area (Å²) >= 11 is 0. The molecule has 0 aliphatic carbocycles. The average Bonchev–Trinajstić information content (AvgIpc) is 2.45. The number of nitrogens with zero attached hydrogens (tertiary/aromatic N) is 1. The van der Waals surface area contributed by atoms with Crippen molar-refractivity contribution in [3.63, 3.8) is 0 Å². The first-order valence-electron chi connectivity index (χ1n) is 5.27. The van der Waals surface area contributed by atoms with E-state index in [0.717, 1.165) is 6.42 Å². The molecule has 0 saturated carbocycles. The van der Waals surface area contributed by atoms with Crippen molar-refractivity contribution in [3.05, 3.63) is 11.4 Å². The normalized spacial score (nSPS) is 16.7. The van der Waals surface area contributed by atoms with Crippen molar-refractivity contribution in [3.8, 4) is 0 Å². The molecule has 0 amide bonds. The van der Waals surface area contributed by atoms with Crippen LogP contribution in [0.5, 0.6) is 0 Å². The summed E-state index contributed by atoms with van der Waals surface area (Å²) in [6, 6.07) is 0. The van der Waals surface area contributed by atoms with Gasteiger partial charge in [-0.05, 0) is 19.3 Å². The van der Waals surface area contributed by atoms with Crippen LogP contribution in [0, 0.1) is 0 Å². The maximum absolute atomic E-state index is 3.22. The van der Waals surface area contributed by atoms with E-state index in [1.54, 1.807) is 0 Å². The Hall–Kier alpha value is -0.700. The monoisotopic (exact) mass is 183 g/mol. The molecule has 0 aromatic rings. The van der Waals surface area contributed by atoms with E-state index in [2.05, 4.69) is 36.9 Å². The summed E-state index contributed by atoms with van der Waals surface area (Å²) in [5.74, 6) is 0. The zero-order valence-electron chi connectivity index (χ0n) is 8.98. The number of unbranched alkanes of at least 4 members (excludes halogenated alkanes) is 1. The average molecular weight is 183 g/mol. The molecule has 3 nitrogen and oxygen atoms in total. The third kappa shape index (κ3) is 2.62. The summed E-state index contributed by atoms with van der Waals surface area (Å²) in [5.41, 5.74) is 9.15. The second-order valence-electron chi connectivity index (χ2n) is 3.57. The van der Waals surface area contributed by atoms with Crippen LogP contribution in [-0.4, -0.2) is 12.1 Å². The van der Waals surface area contributed by atoms with Gasteiger partial charge >= 0.3 is 0 Å². The highest BCUT2D eigenvalue weighted by Crippen LogP contribution is 2.19. The number of nitrogens with one attached hydrogen (secondary N) is 2. The molecule has 0 fully saturated rings. The van der Waals surface area contributed by atoms with Gasteiger partial charge in [0.2, 0.25) is 0 Å². The summed E-state index contributed by atoms with van der Waals surface area (Å²) in [4.78, 5) is 0. The van der Waals surface area contributed by atoms with Crippen LogP contribution < -0.4 is 11.0 Å². The van der Waals surface area contributed by atoms with Gasteiger partial charge in [0, 0.05) is 12.7 Å². The molecule has 0 spiro atoms. The van der Waals surface area contributed by atoms with E-state index in [9.17, 15) is 0 Å². The summed E-state index contributed by atoms with van der Waals surface area (Å²) in [7, 11) is 2.07. The van der Waals surface area contributed by atoms with Crippen molar-refractivity contribution in [1.29, 1.82) is 0 Å². The Morgan fingerprint density at radius 3 is 2.54 bits per heavy atom. The Kier molecular flexibility index (Phi) is 4.09. The van der Waals surface area contributed by atoms with E-state index in [0.29, 0.717) is 0 Å². The number of hydrazine groups is 2. The summed E-state index contributed by atoms with van der Waals surface area (Å²) in [6.45, 7) is 4.44. The van der Waals surface area contributed by atoms with Crippen LogP contribution in [0.3, 0.4) is 0 Å². The predicted octanol–water partition coefficient (Wildman–Crippen LogP) is 2.14. The van der Waals surface area contributed by atoms with Crippen LogP contribution in [0.1, 0.15) is 46.0 Å². The van der Waals surface area contributed by atoms with Gasteiger partial charge in [0.25, 0.3) is 0 Å². The van der Waals surface area contributed by atoms with Crippen LogP contribution in [0.25, 0.3) is 0 Å². The molecule has 3 heteroatoms. The minimum atomic E-state index is 1.15. The van der Waals surface area contributed by atoms with Gasteiger partial charge in [0.15, 0.2) is 0 Å². The molecule has 1 aliphatic heterocycles. The van der Waals surface area contributed by atoms with Gasteiger partial charge in [0.1, 0.15) is 0 Å². The minimum Gasteiger partial charge on any atom is -0.306 e.